The minimum atomic E-state index is -0.779. The van der Waals surface area contributed by atoms with Crippen molar-refractivity contribution in [1.29, 1.82) is 0 Å². The third kappa shape index (κ3) is 3.40. The van der Waals surface area contributed by atoms with E-state index in [4.69, 9.17) is 4.74 Å². The molecular weight excluding hydrogens is 328 g/mol. The number of carbonyl (C=O) groups is 2. The van der Waals surface area contributed by atoms with E-state index in [1.165, 1.54) is 0 Å². The lowest BCUT2D eigenvalue weighted by Gasteiger charge is -2.40. The maximum absolute atomic E-state index is 13.0. The van der Waals surface area contributed by atoms with Crippen LogP contribution >= 0.6 is 0 Å². The Labute approximate surface area is 155 Å². The number of benzene rings is 1. The average Bonchev–Trinajstić information content (AvgIpc) is 2.85. The van der Waals surface area contributed by atoms with Crippen LogP contribution < -0.4 is 5.32 Å². The van der Waals surface area contributed by atoms with Crippen LogP contribution in [0.25, 0.3) is 0 Å². The van der Waals surface area contributed by atoms with Crippen LogP contribution in [0.2, 0.25) is 0 Å². The van der Waals surface area contributed by atoms with Gasteiger partial charge in [0.05, 0.1) is 5.57 Å². The second-order valence-electron chi connectivity index (χ2n) is 7.52. The molecule has 2 aliphatic rings. The zero-order valence-electron chi connectivity index (χ0n) is 16.1. The summed E-state index contributed by atoms with van der Waals surface area (Å²) in [6, 6.07) is 8.26. The molecule has 5 nitrogen and oxygen atoms in total. The van der Waals surface area contributed by atoms with Gasteiger partial charge in [-0.25, -0.2) is 4.79 Å². The fourth-order valence-electron chi connectivity index (χ4n) is 3.94. The van der Waals surface area contributed by atoms with Crippen molar-refractivity contribution in [3.05, 3.63) is 41.0 Å². The summed E-state index contributed by atoms with van der Waals surface area (Å²) in [6.07, 6.45) is 2.22. The molecule has 2 aliphatic heterocycles. The summed E-state index contributed by atoms with van der Waals surface area (Å²) in [7, 11) is 0. The molecule has 0 radical (unpaired) electrons. The molecule has 1 N–H and O–H groups in total. The Hall–Kier alpha value is -2.14. The van der Waals surface area contributed by atoms with Crippen molar-refractivity contribution in [1.82, 2.24) is 4.90 Å². The first-order valence-electron chi connectivity index (χ1n) is 9.45. The number of piperidine rings is 1. The fraction of sp³-hybridized carbons (Fsp3) is 0.524. The zero-order valence-corrected chi connectivity index (χ0v) is 16.1. The molecule has 0 aromatic heterocycles. The van der Waals surface area contributed by atoms with Crippen molar-refractivity contribution in [2.24, 2.45) is 0 Å². The van der Waals surface area contributed by atoms with E-state index in [1.807, 2.05) is 24.3 Å². The van der Waals surface area contributed by atoms with E-state index in [-0.39, 0.29) is 11.9 Å². The molecule has 0 unspecified atom stereocenters. The van der Waals surface area contributed by atoms with Crippen molar-refractivity contribution in [3.8, 4) is 0 Å². The Morgan fingerprint density at radius 2 is 2.00 bits per heavy atom. The fourth-order valence-corrected chi connectivity index (χ4v) is 3.94. The van der Waals surface area contributed by atoms with Gasteiger partial charge in [-0.05, 0) is 44.9 Å². The maximum Gasteiger partial charge on any atom is 0.335 e. The first-order chi connectivity index (χ1) is 12.4. The number of aryl methyl sites for hydroxylation is 1. The molecule has 1 amide bonds. The molecule has 3 rings (SSSR count). The maximum atomic E-state index is 13.0. The van der Waals surface area contributed by atoms with E-state index in [2.05, 4.69) is 31.0 Å². The van der Waals surface area contributed by atoms with Crippen molar-refractivity contribution in [2.45, 2.75) is 58.6 Å². The highest BCUT2D eigenvalue weighted by molar-refractivity contribution is 6.12. The predicted octanol–water partition coefficient (Wildman–Crippen LogP) is 3.30. The number of anilines is 1. The van der Waals surface area contributed by atoms with E-state index in [1.54, 1.807) is 6.92 Å². The second kappa shape index (κ2) is 7.23. The number of hydrogen-bond donors (Lipinski definition) is 1. The number of nitrogens with zero attached hydrogens (tertiary/aromatic N) is 1. The van der Waals surface area contributed by atoms with Crippen molar-refractivity contribution in [3.63, 3.8) is 0 Å². The van der Waals surface area contributed by atoms with E-state index >= 15 is 0 Å². The van der Waals surface area contributed by atoms with Gasteiger partial charge in [-0.15, -0.1) is 0 Å². The second-order valence-corrected chi connectivity index (χ2v) is 7.52. The Morgan fingerprint density at radius 1 is 1.31 bits per heavy atom. The van der Waals surface area contributed by atoms with Gasteiger partial charge in [0.25, 0.3) is 5.91 Å². The number of likely N-dealkylation sites (tertiary alicyclic amines) is 1. The molecule has 1 saturated heterocycles. The van der Waals surface area contributed by atoms with Crippen LogP contribution in [0.5, 0.6) is 0 Å². The van der Waals surface area contributed by atoms with Gasteiger partial charge >= 0.3 is 5.97 Å². The number of amides is 1. The molecular formula is C21H28N2O3. The molecule has 0 saturated carbocycles. The zero-order chi connectivity index (χ0) is 18.9. The molecule has 0 bridgehead atoms. The summed E-state index contributed by atoms with van der Waals surface area (Å²) in [4.78, 5) is 27.7. The standard InChI is InChI=1S/C21H28N2O3/c1-5-16-7-6-8-17(13-16)22-19(24)18-15(4)20(25)26-21(18)9-11-23(12-10-21)14(2)3/h6-8,13-14H,5,9-12H2,1-4H3,(H,22,24). The highest BCUT2D eigenvalue weighted by Crippen LogP contribution is 2.41. The number of hydrogen-bond acceptors (Lipinski definition) is 4. The monoisotopic (exact) mass is 356 g/mol. The first kappa shape index (κ1) is 18.6. The Kier molecular flexibility index (Phi) is 5.19. The SMILES string of the molecule is CCc1cccc(NC(=O)C2=C(C)C(=O)OC23CCN(C(C)C)CC3)c1. The number of ether oxygens (including phenoxy) is 1. The molecule has 2 heterocycles. The van der Waals surface area contributed by atoms with Crippen molar-refractivity contribution in [2.75, 3.05) is 18.4 Å². The van der Waals surface area contributed by atoms with Gasteiger partial charge in [0.2, 0.25) is 0 Å². The third-order valence-corrected chi connectivity index (χ3v) is 5.58. The average molecular weight is 356 g/mol. The summed E-state index contributed by atoms with van der Waals surface area (Å²) < 4.78 is 5.75. The predicted molar refractivity (Wildman–Crippen MR) is 102 cm³/mol. The lowest BCUT2D eigenvalue weighted by atomic mass is 9.82. The van der Waals surface area contributed by atoms with Gasteiger partial charge in [0.15, 0.2) is 0 Å². The Morgan fingerprint density at radius 3 is 2.62 bits per heavy atom. The molecule has 140 valence electrons. The van der Waals surface area contributed by atoms with Crippen molar-refractivity contribution >= 4 is 17.6 Å². The summed E-state index contributed by atoms with van der Waals surface area (Å²) in [5, 5.41) is 2.97. The molecule has 0 atom stereocenters. The summed E-state index contributed by atoms with van der Waals surface area (Å²) in [6.45, 7) is 9.74. The highest BCUT2D eigenvalue weighted by atomic mass is 16.6. The van der Waals surface area contributed by atoms with Crippen LogP contribution in [0.3, 0.4) is 0 Å². The Bertz CT molecular complexity index is 743. The number of carbonyl (C=O) groups excluding carboxylic acids is 2. The molecule has 26 heavy (non-hydrogen) atoms. The van der Waals surface area contributed by atoms with Crippen molar-refractivity contribution < 1.29 is 14.3 Å². The number of nitrogens with one attached hydrogen (secondary N) is 1. The number of rotatable bonds is 4. The lowest BCUT2D eigenvalue weighted by Crippen LogP contribution is -2.49. The van der Waals surface area contributed by atoms with Gasteiger partial charge in [-0.1, -0.05) is 19.1 Å². The van der Waals surface area contributed by atoms with Gasteiger partial charge in [-0.3, -0.25) is 4.79 Å². The van der Waals surface area contributed by atoms with Gasteiger partial charge in [-0.2, -0.15) is 0 Å². The van der Waals surface area contributed by atoms with Crippen LogP contribution in [-0.2, 0) is 20.7 Å². The van der Waals surface area contributed by atoms with Gasteiger partial charge in [0.1, 0.15) is 5.60 Å². The van der Waals surface area contributed by atoms with Gasteiger partial charge in [0, 0.05) is 43.2 Å². The Balaban J connectivity index is 1.83. The molecule has 1 fully saturated rings. The van der Waals surface area contributed by atoms with E-state index < -0.39 is 5.60 Å². The molecule has 5 heteroatoms. The van der Waals surface area contributed by atoms with Crippen LogP contribution in [0, 0.1) is 0 Å². The molecule has 1 aromatic carbocycles. The molecule has 1 aromatic rings. The van der Waals surface area contributed by atoms with Crippen LogP contribution in [0.1, 0.15) is 46.1 Å². The van der Waals surface area contributed by atoms with Crippen LogP contribution in [0.15, 0.2) is 35.4 Å². The quantitative estimate of drug-likeness (QED) is 0.841. The minimum Gasteiger partial charge on any atom is -0.450 e. The first-order valence-corrected chi connectivity index (χ1v) is 9.45. The van der Waals surface area contributed by atoms with E-state index in [0.717, 1.165) is 30.8 Å². The van der Waals surface area contributed by atoms with Crippen LogP contribution in [0.4, 0.5) is 5.69 Å². The smallest absolute Gasteiger partial charge is 0.335 e. The summed E-state index contributed by atoms with van der Waals surface area (Å²) in [5.74, 6) is -0.588. The topological polar surface area (TPSA) is 58.6 Å². The summed E-state index contributed by atoms with van der Waals surface area (Å²) in [5.41, 5.74) is 2.08. The minimum absolute atomic E-state index is 0.223. The lowest BCUT2D eigenvalue weighted by molar-refractivity contribution is -0.151. The van der Waals surface area contributed by atoms with E-state index in [0.29, 0.717) is 30.0 Å². The summed E-state index contributed by atoms with van der Waals surface area (Å²) >= 11 is 0. The highest BCUT2D eigenvalue weighted by Gasteiger charge is 2.50. The molecule has 1 spiro atoms. The van der Waals surface area contributed by atoms with Crippen LogP contribution in [-0.4, -0.2) is 41.5 Å². The normalized spacial score (nSPS) is 20.0. The van der Waals surface area contributed by atoms with E-state index in [9.17, 15) is 9.59 Å². The van der Waals surface area contributed by atoms with Gasteiger partial charge < -0.3 is 15.0 Å². The number of esters is 1. The molecule has 0 aliphatic carbocycles. The largest absolute Gasteiger partial charge is 0.450 e. The third-order valence-electron chi connectivity index (χ3n) is 5.58.